The molecule has 0 aromatic rings. The van der Waals surface area contributed by atoms with E-state index in [0.717, 1.165) is 26.1 Å². The van der Waals surface area contributed by atoms with Crippen LogP contribution in [0.3, 0.4) is 0 Å². The Morgan fingerprint density at radius 2 is 1.91 bits per heavy atom. The minimum Gasteiger partial charge on any atom is -0.380 e. The van der Waals surface area contributed by atoms with Crippen molar-refractivity contribution < 1.29 is 4.74 Å². The zero-order valence-electron chi connectivity index (χ0n) is 7.14. The fourth-order valence-electron chi connectivity index (χ4n) is 1.53. The summed E-state index contributed by atoms with van der Waals surface area (Å²) in [6.07, 6.45) is 4.85. The van der Waals surface area contributed by atoms with Crippen LogP contribution in [0, 0.1) is 0 Å². The van der Waals surface area contributed by atoms with Gasteiger partial charge in [-0.25, -0.2) is 0 Å². The molecule has 2 N–H and O–H groups in total. The summed E-state index contributed by atoms with van der Waals surface area (Å²) in [7, 11) is 0. The van der Waals surface area contributed by atoms with Gasteiger partial charge in [0.15, 0.2) is 0 Å². The molecule has 0 unspecified atom stereocenters. The molecule has 1 saturated carbocycles. The maximum Gasteiger partial charge on any atom is 0.0646 e. The maximum absolute atomic E-state index is 6.02. The van der Waals surface area contributed by atoms with E-state index in [2.05, 4.69) is 0 Å². The lowest BCUT2D eigenvalue weighted by atomic mass is 10.0. The van der Waals surface area contributed by atoms with E-state index in [-0.39, 0.29) is 17.9 Å². The van der Waals surface area contributed by atoms with Crippen molar-refractivity contribution in [2.24, 2.45) is 5.73 Å². The molecule has 0 spiro atoms. The Labute approximate surface area is 74.9 Å². The fraction of sp³-hybridized carbons (Fsp3) is 1.00. The molecular weight excluding hydrogens is 162 g/mol. The van der Waals surface area contributed by atoms with Crippen LogP contribution in [0.4, 0.5) is 0 Å². The SMILES string of the molecule is CCOCC1(N)CCCC1.Cl. The predicted molar refractivity (Wildman–Crippen MR) is 49.1 cm³/mol. The molecule has 1 fully saturated rings. The summed E-state index contributed by atoms with van der Waals surface area (Å²) in [6, 6.07) is 0. The number of rotatable bonds is 3. The van der Waals surface area contributed by atoms with Gasteiger partial charge in [0, 0.05) is 12.1 Å². The van der Waals surface area contributed by atoms with Crippen LogP contribution in [-0.2, 0) is 4.74 Å². The van der Waals surface area contributed by atoms with Gasteiger partial charge in [-0.1, -0.05) is 12.8 Å². The van der Waals surface area contributed by atoms with Gasteiger partial charge >= 0.3 is 0 Å². The van der Waals surface area contributed by atoms with E-state index in [0.29, 0.717) is 0 Å². The van der Waals surface area contributed by atoms with Crippen molar-refractivity contribution >= 4 is 12.4 Å². The summed E-state index contributed by atoms with van der Waals surface area (Å²) in [5.74, 6) is 0. The normalized spacial score (nSPS) is 21.3. The van der Waals surface area contributed by atoms with Crippen molar-refractivity contribution in [3.05, 3.63) is 0 Å². The highest BCUT2D eigenvalue weighted by Crippen LogP contribution is 2.26. The van der Waals surface area contributed by atoms with Crippen molar-refractivity contribution in [1.82, 2.24) is 0 Å². The quantitative estimate of drug-likeness (QED) is 0.716. The van der Waals surface area contributed by atoms with E-state index in [9.17, 15) is 0 Å². The summed E-state index contributed by atoms with van der Waals surface area (Å²) < 4.78 is 5.30. The zero-order chi connectivity index (χ0) is 7.45. The van der Waals surface area contributed by atoms with Crippen molar-refractivity contribution in [3.8, 4) is 0 Å². The first-order chi connectivity index (χ1) is 4.77. The van der Waals surface area contributed by atoms with Crippen LogP contribution in [0.5, 0.6) is 0 Å². The molecule has 1 rings (SSSR count). The third kappa shape index (κ3) is 3.41. The van der Waals surface area contributed by atoms with Gasteiger partial charge in [0.25, 0.3) is 0 Å². The molecular formula is C8H18ClNO. The van der Waals surface area contributed by atoms with Gasteiger partial charge in [-0.05, 0) is 19.8 Å². The smallest absolute Gasteiger partial charge is 0.0646 e. The lowest BCUT2D eigenvalue weighted by Gasteiger charge is -2.22. The van der Waals surface area contributed by atoms with Crippen molar-refractivity contribution in [2.45, 2.75) is 38.1 Å². The molecule has 2 nitrogen and oxygen atoms in total. The first-order valence-electron chi connectivity index (χ1n) is 4.13. The lowest BCUT2D eigenvalue weighted by molar-refractivity contribution is 0.0967. The molecule has 0 atom stereocenters. The second-order valence-electron chi connectivity index (χ2n) is 3.21. The molecule has 1 aliphatic carbocycles. The predicted octanol–water partition coefficient (Wildman–Crippen LogP) is 1.72. The van der Waals surface area contributed by atoms with Gasteiger partial charge < -0.3 is 10.5 Å². The van der Waals surface area contributed by atoms with Crippen LogP contribution >= 0.6 is 12.4 Å². The van der Waals surface area contributed by atoms with Crippen molar-refractivity contribution in [1.29, 1.82) is 0 Å². The van der Waals surface area contributed by atoms with E-state index >= 15 is 0 Å². The van der Waals surface area contributed by atoms with Crippen LogP contribution in [0.1, 0.15) is 32.6 Å². The van der Waals surface area contributed by atoms with Crippen LogP contribution in [0.15, 0.2) is 0 Å². The first kappa shape index (κ1) is 11.2. The highest BCUT2D eigenvalue weighted by atomic mass is 35.5. The summed E-state index contributed by atoms with van der Waals surface area (Å²) >= 11 is 0. The fourth-order valence-corrected chi connectivity index (χ4v) is 1.53. The minimum atomic E-state index is 0. The molecule has 68 valence electrons. The van der Waals surface area contributed by atoms with Gasteiger partial charge in [-0.2, -0.15) is 0 Å². The van der Waals surface area contributed by atoms with E-state index in [4.69, 9.17) is 10.5 Å². The number of nitrogens with two attached hydrogens (primary N) is 1. The van der Waals surface area contributed by atoms with Crippen LogP contribution in [0.25, 0.3) is 0 Å². The number of hydrogen-bond donors (Lipinski definition) is 1. The average Bonchev–Trinajstić information content (AvgIpc) is 2.33. The Morgan fingerprint density at radius 1 is 1.36 bits per heavy atom. The summed E-state index contributed by atoms with van der Waals surface area (Å²) in [5.41, 5.74) is 6.04. The molecule has 0 heterocycles. The van der Waals surface area contributed by atoms with E-state index in [1.54, 1.807) is 0 Å². The topological polar surface area (TPSA) is 35.2 Å². The standard InChI is InChI=1S/C8H17NO.ClH/c1-2-10-7-8(9)5-3-4-6-8;/h2-7,9H2,1H3;1H. The van der Waals surface area contributed by atoms with E-state index < -0.39 is 0 Å². The average molecular weight is 180 g/mol. The third-order valence-electron chi connectivity index (χ3n) is 2.19. The Morgan fingerprint density at radius 3 is 2.36 bits per heavy atom. The third-order valence-corrected chi connectivity index (χ3v) is 2.19. The largest absolute Gasteiger partial charge is 0.380 e. The number of halogens is 1. The molecule has 0 amide bonds. The number of ether oxygens (including phenoxy) is 1. The molecule has 0 aromatic carbocycles. The highest BCUT2D eigenvalue weighted by molar-refractivity contribution is 5.85. The molecule has 0 bridgehead atoms. The molecule has 1 aliphatic rings. The Bertz CT molecular complexity index is 102. The number of hydrogen-bond acceptors (Lipinski definition) is 2. The Hall–Kier alpha value is 0.210. The summed E-state index contributed by atoms with van der Waals surface area (Å²) in [6.45, 7) is 3.56. The molecule has 11 heavy (non-hydrogen) atoms. The molecule has 0 aromatic heterocycles. The summed E-state index contributed by atoms with van der Waals surface area (Å²) in [4.78, 5) is 0. The first-order valence-corrected chi connectivity index (χ1v) is 4.13. The molecule has 0 aliphatic heterocycles. The summed E-state index contributed by atoms with van der Waals surface area (Å²) in [5, 5.41) is 0. The van der Waals surface area contributed by atoms with Crippen molar-refractivity contribution in [3.63, 3.8) is 0 Å². The van der Waals surface area contributed by atoms with Gasteiger partial charge in [0.1, 0.15) is 0 Å². The second-order valence-corrected chi connectivity index (χ2v) is 3.21. The highest BCUT2D eigenvalue weighted by Gasteiger charge is 2.28. The van der Waals surface area contributed by atoms with Gasteiger partial charge in [-0.3, -0.25) is 0 Å². The molecule has 3 heteroatoms. The minimum absolute atomic E-state index is 0. The van der Waals surface area contributed by atoms with Gasteiger partial charge in [0.05, 0.1) is 6.61 Å². The Kier molecular flexibility index (Phi) is 5.06. The van der Waals surface area contributed by atoms with Crippen molar-refractivity contribution in [2.75, 3.05) is 13.2 Å². The maximum atomic E-state index is 6.02. The van der Waals surface area contributed by atoms with Gasteiger partial charge in [0.2, 0.25) is 0 Å². The van der Waals surface area contributed by atoms with Crippen LogP contribution in [0.2, 0.25) is 0 Å². The van der Waals surface area contributed by atoms with Gasteiger partial charge in [-0.15, -0.1) is 12.4 Å². The second kappa shape index (κ2) is 4.96. The monoisotopic (exact) mass is 179 g/mol. The van der Waals surface area contributed by atoms with Crippen LogP contribution < -0.4 is 5.73 Å². The lowest BCUT2D eigenvalue weighted by Crippen LogP contribution is -2.41. The van der Waals surface area contributed by atoms with E-state index in [1.165, 1.54) is 12.8 Å². The molecule has 0 saturated heterocycles. The van der Waals surface area contributed by atoms with E-state index in [1.807, 2.05) is 6.92 Å². The molecule has 0 radical (unpaired) electrons. The Balaban J connectivity index is 0.000001000. The zero-order valence-corrected chi connectivity index (χ0v) is 7.95. The van der Waals surface area contributed by atoms with Crippen LogP contribution in [-0.4, -0.2) is 18.8 Å².